The maximum absolute atomic E-state index is 12.0. The molecule has 0 aliphatic carbocycles. The fraction of sp³-hybridized carbons (Fsp3) is 0.300. The molecule has 130 valence electrons. The molecule has 0 fully saturated rings. The molecule has 0 unspecified atom stereocenters. The van der Waals surface area contributed by atoms with Crippen molar-refractivity contribution in [1.82, 2.24) is 5.32 Å². The fourth-order valence-corrected chi connectivity index (χ4v) is 3.01. The van der Waals surface area contributed by atoms with E-state index in [9.17, 15) is 9.59 Å². The number of carbonyl (C=O) groups is 2. The van der Waals surface area contributed by atoms with Gasteiger partial charge in [0.2, 0.25) is 5.91 Å². The van der Waals surface area contributed by atoms with E-state index in [2.05, 4.69) is 16.7 Å². The van der Waals surface area contributed by atoms with Crippen LogP contribution in [0.3, 0.4) is 0 Å². The smallest absolute Gasteiger partial charge is 0.319 e. The van der Waals surface area contributed by atoms with E-state index in [-0.39, 0.29) is 11.9 Å². The molecule has 25 heavy (non-hydrogen) atoms. The second kappa shape index (κ2) is 7.38. The molecule has 0 aromatic heterocycles. The Morgan fingerprint density at radius 2 is 1.88 bits per heavy atom. The number of carbonyl (C=O) groups excluding carboxylic acids is 2. The number of hydrogen-bond acceptors (Lipinski definition) is 2. The molecule has 0 bridgehead atoms. The second-order valence-corrected chi connectivity index (χ2v) is 6.29. The van der Waals surface area contributed by atoms with Gasteiger partial charge in [0, 0.05) is 30.9 Å². The number of aryl methyl sites for hydroxylation is 1. The Morgan fingerprint density at radius 3 is 2.60 bits per heavy atom. The maximum Gasteiger partial charge on any atom is 0.319 e. The Balaban J connectivity index is 1.58. The number of benzene rings is 2. The summed E-state index contributed by atoms with van der Waals surface area (Å²) in [5.74, 6) is 0.155. The van der Waals surface area contributed by atoms with Gasteiger partial charge in [-0.15, -0.1) is 0 Å². The maximum atomic E-state index is 12.0. The Morgan fingerprint density at radius 1 is 1.12 bits per heavy atom. The van der Waals surface area contributed by atoms with Gasteiger partial charge in [-0.25, -0.2) is 4.79 Å². The van der Waals surface area contributed by atoms with Crippen LogP contribution in [0.1, 0.15) is 30.0 Å². The van der Waals surface area contributed by atoms with Crippen LogP contribution in [0.5, 0.6) is 0 Å². The molecule has 2 aromatic carbocycles. The average molecular weight is 337 g/mol. The average Bonchev–Trinajstić information content (AvgIpc) is 3.04. The van der Waals surface area contributed by atoms with E-state index in [4.69, 9.17) is 0 Å². The van der Waals surface area contributed by atoms with Gasteiger partial charge < -0.3 is 15.5 Å². The molecule has 0 saturated heterocycles. The third kappa shape index (κ3) is 3.99. The highest BCUT2D eigenvalue weighted by molar-refractivity contribution is 5.95. The zero-order valence-corrected chi connectivity index (χ0v) is 14.6. The van der Waals surface area contributed by atoms with Gasteiger partial charge >= 0.3 is 6.03 Å². The molecular formula is C20H23N3O2. The van der Waals surface area contributed by atoms with E-state index >= 15 is 0 Å². The molecule has 0 radical (unpaired) electrons. The first-order valence-electron chi connectivity index (χ1n) is 8.60. The molecule has 5 nitrogen and oxygen atoms in total. The van der Waals surface area contributed by atoms with Gasteiger partial charge in [0.25, 0.3) is 0 Å². The molecule has 3 amide bonds. The van der Waals surface area contributed by atoms with E-state index in [1.54, 1.807) is 0 Å². The second-order valence-electron chi connectivity index (χ2n) is 6.29. The number of rotatable bonds is 4. The van der Waals surface area contributed by atoms with Gasteiger partial charge in [0.1, 0.15) is 0 Å². The Kier molecular flexibility index (Phi) is 5.03. The van der Waals surface area contributed by atoms with Crippen LogP contribution in [0.2, 0.25) is 0 Å². The summed E-state index contributed by atoms with van der Waals surface area (Å²) in [4.78, 5) is 25.8. The minimum absolute atomic E-state index is 0.155. The third-order valence-corrected chi connectivity index (χ3v) is 4.41. The lowest BCUT2D eigenvalue weighted by Crippen LogP contribution is -2.28. The number of fused-ring (bicyclic) bond motifs is 1. The summed E-state index contributed by atoms with van der Waals surface area (Å²) in [6, 6.07) is 13.5. The molecule has 3 rings (SSSR count). The summed E-state index contributed by atoms with van der Waals surface area (Å²) >= 11 is 0. The van der Waals surface area contributed by atoms with Gasteiger partial charge in [-0.3, -0.25) is 4.79 Å². The number of hydrogen-bond donors (Lipinski definition) is 2. The topological polar surface area (TPSA) is 61.4 Å². The standard InChI is InChI=1S/C20H23N3O2/c1-3-19(24)23-11-10-16-12-15(6-9-18(16)23)13-21-20(25)22-17-7-4-14(2)5-8-17/h4-9,12H,3,10-11,13H2,1-2H3,(H2,21,22,25). The minimum atomic E-state index is -0.230. The first-order chi connectivity index (χ1) is 12.1. The molecule has 1 aliphatic rings. The van der Waals surface area contributed by atoms with Crippen LogP contribution in [0.4, 0.5) is 16.2 Å². The predicted octanol–water partition coefficient (Wildman–Crippen LogP) is 3.62. The summed E-state index contributed by atoms with van der Waals surface area (Å²) < 4.78 is 0. The lowest BCUT2D eigenvalue weighted by atomic mass is 10.1. The number of anilines is 2. The molecule has 5 heteroatoms. The highest BCUT2D eigenvalue weighted by Gasteiger charge is 2.23. The molecule has 2 N–H and O–H groups in total. The summed E-state index contributed by atoms with van der Waals surface area (Å²) in [6.45, 7) is 5.08. The number of amides is 3. The molecule has 1 heterocycles. The molecule has 0 spiro atoms. The highest BCUT2D eigenvalue weighted by Crippen LogP contribution is 2.29. The number of nitrogens with one attached hydrogen (secondary N) is 2. The van der Waals surface area contributed by atoms with Crippen molar-refractivity contribution in [2.45, 2.75) is 33.2 Å². The van der Waals surface area contributed by atoms with Crippen LogP contribution >= 0.6 is 0 Å². The normalized spacial score (nSPS) is 12.6. The first kappa shape index (κ1) is 17.0. The number of nitrogens with zero attached hydrogens (tertiary/aromatic N) is 1. The van der Waals surface area contributed by atoms with Crippen molar-refractivity contribution in [2.24, 2.45) is 0 Å². The van der Waals surface area contributed by atoms with Crippen LogP contribution in [0, 0.1) is 6.92 Å². The van der Waals surface area contributed by atoms with Gasteiger partial charge in [0.05, 0.1) is 0 Å². The molecule has 1 aliphatic heterocycles. The van der Waals surface area contributed by atoms with E-state index in [0.29, 0.717) is 13.0 Å². The third-order valence-electron chi connectivity index (χ3n) is 4.41. The van der Waals surface area contributed by atoms with Crippen molar-refractivity contribution in [1.29, 1.82) is 0 Å². The Labute approximate surface area is 148 Å². The summed E-state index contributed by atoms with van der Waals surface area (Å²) in [5, 5.41) is 5.69. The lowest BCUT2D eigenvalue weighted by Gasteiger charge is -2.16. The van der Waals surface area contributed by atoms with Crippen LogP contribution in [-0.4, -0.2) is 18.5 Å². The Hall–Kier alpha value is -2.82. The minimum Gasteiger partial charge on any atom is -0.334 e. The van der Waals surface area contributed by atoms with Crippen molar-refractivity contribution in [3.05, 3.63) is 59.2 Å². The highest BCUT2D eigenvalue weighted by atomic mass is 16.2. The quantitative estimate of drug-likeness (QED) is 0.895. The van der Waals surface area contributed by atoms with E-state index in [1.165, 1.54) is 5.56 Å². The molecule has 0 atom stereocenters. The zero-order valence-electron chi connectivity index (χ0n) is 14.6. The van der Waals surface area contributed by atoms with Crippen molar-refractivity contribution in [2.75, 3.05) is 16.8 Å². The van der Waals surface area contributed by atoms with Crippen LogP contribution < -0.4 is 15.5 Å². The van der Waals surface area contributed by atoms with Crippen LogP contribution in [0.15, 0.2) is 42.5 Å². The van der Waals surface area contributed by atoms with E-state index in [0.717, 1.165) is 35.5 Å². The SMILES string of the molecule is CCC(=O)N1CCc2cc(CNC(=O)Nc3ccc(C)cc3)ccc21. The van der Waals surface area contributed by atoms with Gasteiger partial charge in [-0.05, 0) is 42.7 Å². The van der Waals surface area contributed by atoms with Gasteiger partial charge in [0.15, 0.2) is 0 Å². The van der Waals surface area contributed by atoms with Crippen LogP contribution in [-0.2, 0) is 17.8 Å². The van der Waals surface area contributed by atoms with Crippen molar-refractivity contribution in [3.63, 3.8) is 0 Å². The summed E-state index contributed by atoms with van der Waals surface area (Å²) in [7, 11) is 0. The lowest BCUT2D eigenvalue weighted by molar-refractivity contribution is -0.118. The largest absolute Gasteiger partial charge is 0.334 e. The van der Waals surface area contributed by atoms with E-state index in [1.807, 2.05) is 55.1 Å². The molecule has 0 saturated carbocycles. The van der Waals surface area contributed by atoms with Gasteiger partial charge in [-0.2, -0.15) is 0 Å². The predicted molar refractivity (Wildman–Crippen MR) is 99.8 cm³/mol. The van der Waals surface area contributed by atoms with Gasteiger partial charge in [-0.1, -0.05) is 36.8 Å². The molecule has 2 aromatic rings. The zero-order chi connectivity index (χ0) is 17.8. The number of urea groups is 1. The Bertz CT molecular complexity index is 784. The molecular weight excluding hydrogens is 314 g/mol. The first-order valence-corrected chi connectivity index (χ1v) is 8.60. The summed E-state index contributed by atoms with van der Waals surface area (Å²) in [5.41, 5.74) is 5.12. The van der Waals surface area contributed by atoms with Crippen LogP contribution in [0.25, 0.3) is 0 Å². The summed E-state index contributed by atoms with van der Waals surface area (Å²) in [6.07, 6.45) is 1.38. The van der Waals surface area contributed by atoms with Crippen molar-refractivity contribution < 1.29 is 9.59 Å². The van der Waals surface area contributed by atoms with E-state index < -0.39 is 0 Å². The van der Waals surface area contributed by atoms with Crippen molar-refractivity contribution >= 4 is 23.3 Å². The monoisotopic (exact) mass is 337 g/mol. The van der Waals surface area contributed by atoms with Crippen molar-refractivity contribution in [3.8, 4) is 0 Å². The fourth-order valence-electron chi connectivity index (χ4n) is 3.01.